The Kier molecular flexibility index (Phi) is 7.48. The zero-order chi connectivity index (χ0) is 11.0. The SMILES string of the molecule is CCC(C)N(C)C(=O)CCCCCN. The molecule has 0 bridgehead atoms. The molecule has 0 saturated heterocycles. The summed E-state index contributed by atoms with van der Waals surface area (Å²) in [7, 11) is 1.89. The van der Waals surface area contributed by atoms with Gasteiger partial charge in [-0.05, 0) is 32.7 Å². The Morgan fingerprint density at radius 3 is 2.50 bits per heavy atom. The zero-order valence-corrected chi connectivity index (χ0v) is 9.75. The van der Waals surface area contributed by atoms with E-state index in [0.29, 0.717) is 12.5 Å². The topological polar surface area (TPSA) is 46.3 Å². The molecule has 1 amide bonds. The van der Waals surface area contributed by atoms with E-state index in [4.69, 9.17) is 5.73 Å². The van der Waals surface area contributed by atoms with Crippen LogP contribution in [-0.4, -0.2) is 30.4 Å². The summed E-state index contributed by atoms with van der Waals surface area (Å²) in [6.07, 6.45) is 4.75. The quantitative estimate of drug-likeness (QED) is 0.637. The second kappa shape index (κ2) is 7.80. The Bertz CT molecular complexity index is 159. The van der Waals surface area contributed by atoms with Gasteiger partial charge in [-0.1, -0.05) is 13.3 Å². The lowest BCUT2D eigenvalue weighted by Gasteiger charge is -2.23. The van der Waals surface area contributed by atoms with Gasteiger partial charge >= 0.3 is 0 Å². The predicted molar refractivity (Wildman–Crippen MR) is 60.0 cm³/mol. The van der Waals surface area contributed by atoms with Crippen molar-refractivity contribution in [2.75, 3.05) is 13.6 Å². The lowest BCUT2D eigenvalue weighted by atomic mass is 10.1. The molecule has 14 heavy (non-hydrogen) atoms. The van der Waals surface area contributed by atoms with Crippen LogP contribution in [0.2, 0.25) is 0 Å². The van der Waals surface area contributed by atoms with Crippen LogP contribution in [0.1, 0.15) is 46.0 Å². The molecule has 0 aromatic rings. The molecule has 0 aromatic carbocycles. The smallest absolute Gasteiger partial charge is 0.222 e. The van der Waals surface area contributed by atoms with Crippen molar-refractivity contribution in [1.29, 1.82) is 0 Å². The summed E-state index contributed by atoms with van der Waals surface area (Å²) in [4.78, 5) is 13.5. The van der Waals surface area contributed by atoms with Gasteiger partial charge in [-0.2, -0.15) is 0 Å². The molecule has 0 saturated carbocycles. The number of carbonyl (C=O) groups is 1. The highest BCUT2D eigenvalue weighted by molar-refractivity contribution is 5.76. The number of nitrogens with two attached hydrogens (primary N) is 1. The first-order chi connectivity index (χ1) is 6.63. The van der Waals surface area contributed by atoms with E-state index >= 15 is 0 Å². The molecule has 0 heterocycles. The summed E-state index contributed by atoms with van der Waals surface area (Å²) >= 11 is 0. The number of rotatable bonds is 7. The summed E-state index contributed by atoms with van der Waals surface area (Å²) in [5.74, 6) is 0.261. The molecule has 2 N–H and O–H groups in total. The van der Waals surface area contributed by atoms with Crippen LogP contribution >= 0.6 is 0 Å². The predicted octanol–water partition coefficient (Wildman–Crippen LogP) is 1.76. The van der Waals surface area contributed by atoms with E-state index in [2.05, 4.69) is 13.8 Å². The van der Waals surface area contributed by atoms with E-state index in [0.717, 1.165) is 32.2 Å². The average Bonchev–Trinajstić information content (AvgIpc) is 2.21. The standard InChI is InChI=1S/C11H24N2O/c1-4-10(2)13(3)11(14)8-6-5-7-9-12/h10H,4-9,12H2,1-3H3. The van der Waals surface area contributed by atoms with Gasteiger partial charge < -0.3 is 10.6 Å². The van der Waals surface area contributed by atoms with Gasteiger partial charge in [0.1, 0.15) is 0 Å². The van der Waals surface area contributed by atoms with Crippen LogP contribution in [-0.2, 0) is 4.79 Å². The fraction of sp³-hybridized carbons (Fsp3) is 0.909. The van der Waals surface area contributed by atoms with Crippen molar-refractivity contribution in [1.82, 2.24) is 4.90 Å². The van der Waals surface area contributed by atoms with Crippen LogP contribution < -0.4 is 5.73 Å². The van der Waals surface area contributed by atoms with Crippen LogP contribution in [0.25, 0.3) is 0 Å². The number of unbranched alkanes of at least 4 members (excludes halogenated alkanes) is 2. The molecule has 0 fully saturated rings. The van der Waals surface area contributed by atoms with Crippen molar-refractivity contribution < 1.29 is 4.79 Å². The molecule has 0 spiro atoms. The molecule has 1 unspecified atom stereocenters. The van der Waals surface area contributed by atoms with Gasteiger partial charge in [0.15, 0.2) is 0 Å². The highest BCUT2D eigenvalue weighted by Gasteiger charge is 2.12. The van der Waals surface area contributed by atoms with Crippen LogP contribution in [0.3, 0.4) is 0 Å². The molecule has 1 atom stereocenters. The van der Waals surface area contributed by atoms with Gasteiger partial charge in [-0.3, -0.25) is 4.79 Å². The molecular weight excluding hydrogens is 176 g/mol. The van der Waals surface area contributed by atoms with Crippen molar-refractivity contribution in [2.45, 2.75) is 52.0 Å². The lowest BCUT2D eigenvalue weighted by molar-refractivity contribution is -0.131. The molecular formula is C11H24N2O. The second-order valence-corrected chi connectivity index (χ2v) is 3.86. The summed E-state index contributed by atoms with van der Waals surface area (Å²) in [5.41, 5.74) is 5.38. The number of nitrogens with zero attached hydrogens (tertiary/aromatic N) is 1. The number of carbonyl (C=O) groups excluding carboxylic acids is 1. The maximum Gasteiger partial charge on any atom is 0.222 e. The minimum Gasteiger partial charge on any atom is -0.343 e. The summed E-state index contributed by atoms with van der Waals surface area (Å²) < 4.78 is 0. The second-order valence-electron chi connectivity index (χ2n) is 3.86. The Morgan fingerprint density at radius 2 is 2.00 bits per heavy atom. The molecule has 84 valence electrons. The van der Waals surface area contributed by atoms with Crippen molar-refractivity contribution in [3.63, 3.8) is 0 Å². The summed E-state index contributed by atoms with van der Waals surface area (Å²) in [5, 5.41) is 0. The van der Waals surface area contributed by atoms with Crippen LogP contribution in [0.15, 0.2) is 0 Å². The van der Waals surface area contributed by atoms with Crippen molar-refractivity contribution in [3.8, 4) is 0 Å². The Balaban J connectivity index is 3.62. The first-order valence-electron chi connectivity index (χ1n) is 5.59. The van der Waals surface area contributed by atoms with E-state index < -0.39 is 0 Å². The number of hydrogen-bond donors (Lipinski definition) is 1. The molecule has 3 heteroatoms. The Hall–Kier alpha value is -0.570. The van der Waals surface area contributed by atoms with Crippen molar-refractivity contribution in [3.05, 3.63) is 0 Å². The molecule has 0 rings (SSSR count). The lowest BCUT2D eigenvalue weighted by Crippen LogP contribution is -2.34. The average molecular weight is 200 g/mol. The third-order valence-corrected chi connectivity index (χ3v) is 2.74. The Morgan fingerprint density at radius 1 is 1.36 bits per heavy atom. The normalized spacial score (nSPS) is 12.6. The highest BCUT2D eigenvalue weighted by Crippen LogP contribution is 2.06. The molecule has 3 nitrogen and oxygen atoms in total. The van der Waals surface area contributed by atoms with Gasteiger partial charge in [0, 0.05) is 19.5 Å². The van der Waals surface area contributed by atoms with Gasteiger partial charge in [-0.25, -0.2) is 0 Å². The Labute approximate surface area is 87.6 Å². The minimum absolute atomic E-state index is 0.261. The first-order valence-corrected chi connectivity index (χ1v) is 5.59. The molecule has 0 aromatic heterocycles. The third kappa shape index (κ3) is 5.22. The van der Waals surface area contributed by atoms with Gasteiger partial charge in [-0.15, -0.1) is 0 Å². The van der Waals surface area contributed by atoms with Crippen molar-refractivity contribution in [2.24, 2.45) is 5.73 Å². The van der Waals surface area contributed by atoms with Crippen LogP contribution in [0.5, 0.6) is 0 Å². The van der Waals surface area contributed by atoms with Crippen LogP contribution in [0.4, 0.5) is 0 Å². The van der Waals surface area contributed by atoms with E-state index in [1.165, 1.54) is 0 Å². The van der Waals surface area contributed by atoms with E-state index in [9.17, 15) is 4.79 Å². The van der Waals surface area contributed by atoms with E-state index in [-0.39, 0.29) is 5.91 Å². The maximum absolute atomic E-state index is 11.6. The highest BCUT2D eigenvalue weighted by atomic mass is 16.2. The first kappa shape index (κ1) is 13.4. The molecule has 0 radical (unpaired) electrons. The monoisotopic (exact) mass is 200 g/mol. The van der Waals surface area contributed by atoms with Crippen molar-refractivity contribution >= 4 is 5.91 Å². The molecule has 0 aliphatic heterocycles. The third-order valence-electron chi connectivity index (χ3n) is 2.74. The fourth-order valence-corrected chi connectivity index (χ4v) is 1.29. The van der Waals surface area contributed by atoms with Gasteiger partial charge in [0.25, 0.3) is 0 Å². The molecule has 0 aliphatic rings. The zero-order valence-electron chi connectivity index (χ0n) is 9.75. The fourth-order valence-electron chi connectivity index (χ4n) is 1.29. The van der Waals surface area contributed by atoms with Crippen LogP contribution in [0, 0.1) is 0 Å². The van der Waals surface area contributed by atoms with E-state index in [1.54, 1.807) is 0 Å². The number of hydrogen-bond acceptors (Lipinski definition) is 2. The van der Waals surface area contributed by atoms with E-state index in [1.807, 2.05) is 11.9 Å². The maximum atomic E-state index is 11.6. The minimum atomic E-state index is 0.261. The summed E-state index contributed by atoms with van der Waals surface area (Å²) in [6.45, 7) is 4.91. The van der Waals surface area contributed by atoms with Gasteiger partial charge in [0.05, 0.1) is 0 Å². The summed E-state index contributed by atoms with van der Waals surface area (Å²) in [6, 6.07) is 0.358. The number of amides is 1. The largest absolute Gasteiger partial charge is 0.343 e. The van der Waals surface area contributed by atoms with Gasteiger partial charge in [0.2, 0.25) is 5.91 Å². The molecule has 0 aliphatic carbocycles.